The van der Waals surface area contributed by atoms with Crippen LogP contribution >= 0.6 is 0 Å². The van der Waals surface area contributed by atoms with Crippen LogP contribution in [0.4, 0.5) is 5.69 Å². The van der Waals surface area contributed by atoms with Crippen molar-refractivity contribution < 1.29 is 18.0 Å². The molecule has 0 radical (unpaired) electrons. The molecule has 190 valence electrons. The van der Waals surface area contributed by atoms with Crippen molar-refractivity contribution in [2.45, 2.75) is 37.6 Å². The van der Waals surface area contributed by atoms with Crippen LogP contribution < -0.4 is 9.62 Å². The minimum Gasteiger partial charge on any atom is -0.355 e. The van der Waals surface area contributed by atoms with E-state index in [4.69, 9.17) is 0 Å². The summed E-state index contributed by atoms with van der Waals surface area (Å²) in [6, 6.07) is 25.6. The highest BCUT2D eigenvalue weighted by Crippen LogP contribution is 2.24. The van der Waals surface area contributed by atoms with E-state index in [0.717, 1.165) is 9.87 Å². The standard InChI is InChI=1S/C28H33N3O4S/c1-3-26(28(33)29-4-2)30(21-20-23-14-8-5-9-15-23)27(32)22-31(24-16-10-6-11-17-24)36(34,35)25-18-12-7-13-19-25/h5-19,26H,3-4,20-22H2,1-2H3,(H,29,33)/t26-/m1/s1. The summed E-state index contributed by atoms with van der Waals surface area (Å²) in [6.07, 6.45) is 0.947. The summed E-state index contributed by atoms with van der Waals surface area (Å²) in [6.45, 7) is 3.97. The van der Waals surface area contributed by atoms with Crippen LogP contribution in [-0.2, 0) is 26.0 Å². The zero-order valence-electron chi connectivity index (χ0n) is 20.7. The van der Waals surface area contributed by atoms with Crippen LogP contribution in [0.25, 0.3) is 0 Å². The molecule has 0 bridgehead atoms. The summed E-state index contributed by atoms with van der Waals surface area (Å²) in [5.74, 6) is -0.689. The first-order valence-corrected chi connectivity index (χ1v) is 13.6. The topological polar surface area (TPSA) is 86.8 Å². The second-order valence-electron chi connectivity index (χ2n) is 8.30. The molecule has 0 aliphatic carbocycles. The quantitative estimate of drug-likeness (QED) is 0.403. The molecule has 0 spiro atoms. The number of anilines is 1. The van der Waals surface area contributed by atoms with Crippen molar-refractivity contribution in [1.29, 1.82) is 0 Å². The summed E-state index contributed by atoms with van der Waals surface area (Å²) in [7, 11) is -4.03. The molecule has 3 rings (SSSR count). The fourth-order valence-electron chi connectivity index (χ4n) is 4.03. The van der Waals surface area contributed by atoms with Crippen molar-refractivity contribution in [2.24, 2.45) is 0 Å². The highest BCUT2D eigenvalue weighted by atomic mass is 32.2. The fourth-order valence-corrected chi connectivity index (χ4v) is 5.47. The Labute approximate surface area is 213 Å². The van der Waals surface area contributed by atoms with Crippen LogP contribution in [-0.4, -0.2) is 50.8 Å². The van der Waals surface area contributed by atoms with E-state index in [1.807, 2.05) is 44.2 Å². The minimum absolute atomic E-state index is 0.0910. The molecule has 0 heterocycles. The minimum atomic E-state index is -4.03. The smallest absolute Gasteiger partial charge is 0.264 e. The number of para-hydroxylation sites is 1. The number of carbonyl (C=O) groups is 2. The molecule has 7 nitrogen and oxygen atoms in total. The molecule has 0 aliphatic rings. The van der Waals surface area contributed by atoms with E-state index in [9.17, 15) is 18.0 Å². The Morgan fingerprint density at radius 3 is 1.94 bits per heavy atom. The van der Waals surface area contributed by atoms with Gasteiger partial charge in [-0.15, -0.1) is 0 Å². The molecule has 0 fully saturated rings. The molecule has 0 saturated carbocycles. The third kappa shape index (κ3) is 6.73. The Morgan fingerprint density at radius 1 is 0.833 bits per heavy atom. The number of amides is 2. The normalized spacial score (nSPS) is 11.9. The molecular formula is C28H33N3O4S. The molecule has 0 aromatic heterocycles. The van der Waals surface area contributed by atoms with E-state index < -0.39 is 28.5 Å². The SMILES string of the molecule is CCNC(=O)[C@@H](CC)N(CCc1ccccc1)C(=O)CN(c1ccccc1)S(=O)(=O)c1ccccc1. The van der Waals surface area contributed by atoms with Crippen LogP contribution in [0.5, 0.6) is 0 Å². The zero-order chi connectivity index (χ0) is 26.0. The lowest BCUT2D eigenvalue weighted by Gasteiger charge is -2.33. The second kappa shape index (κ2) is 12.9. The molecule has 8 heteroatoms. The first-order chi connectivity index (χ1) is 17.4. The lowest BCUT2D eigenvalue weighted by atomic mass is 10.1. The van der Waals surface area contributed by atoms with Crippen LogP contribution in [0.3, 0.4) is 0 Å². The van der Waals surface area contributed by atoms with E-state index in [0.29, 0.717) is 25.1 Å². The Hall–Kier alpha value is -3.65. The number of nitrogens with zero attached hydrogens (tertiary/aromatic N) is 2. The maximum atomic E-state index is 13.8. The third-order valence-electron chi connectivity index (χ3n) is 5.88. The van der Waals surface area contributed by atoms with E-state index in [1.54, 1.807) is 48.5 Å². The maximum absolute atomic E-state index is 13.8. The second-order valence-corrected chi connectivity index (χ2v) is 10.2. The van der Waals surface area contributed by atoms with Crippen molar-refractivity contribution >= 4 is 27.5 Å². The summed E-state index contributed by atoms with van der Waals surface area (Å²) in [5.41, 5.74) is 1.40. The molecule has 1 atom stereocenters. The van der Waals surface area contributed by atoms with Gasteiger partial charge in [-0.05, 0) is 49.6 Å². The number of likely N-dealkylation sites (N-methyl/N-ethyl adjacent to an activating group) is 1. The van der Waals surface area contributed by atoms with Gasteiger partial charge in [0, 0.05) is 13.1 Å². The number of nitrogens with one attached hydrogen (secondary N) is 1. The van der Waals surface area contributed by atoms with E-state index in [1.165, 1.54) is 17.0 Å². The number of carbonyl (C=O) groups excluding carboxylic acids is 2. The maximum Gasteiger partial charge on any atom is 0.264 e. The molecule has 0 aliphatic heterocycles. The average Bonchev–Trinajstić information content (AvgIpc) is 2.91. The Balaban J connectivity index is 1.96. The van der Waals surface area contributed by atoms with Crippen LogP contribution in [0, 0.1) is 0 Å². The predicted octanol–water partition coefficient (Wildman–Crippen LogP) is 3.87. The molecule has 1 N–H and O–H groups in total. The van der Waals surface area contributed by atoms with Gasteiger partial charge in [0.15, 0.2) is 0 Å². The Kier molecular flexibility index (Phi) is 9.64. The summed E-state index contributed by atoms with van der Waals surface area (Å²) in [5, 5.41) is 2.81. The van der Waals surface area contributed by atoms with Gasteiger partial charge in [-0.25, -0.2) is 8.42 Å². The van der Waals surface area contributed by atoms with E-state index in [-0.39, 0.29) is 17.3 Å². The number of rotatable bonds is 12. The van der Waals surface area contributed by atoms with Crippen molar-refractivity contribution in [2.75, 3.05) is 23.9 Å². The predicted molar refractivity (Wildman–Crippen MR) is 142 cm³/mol. The van der Waals surface area contributed by atoms with Gasteiger partial charge in [-0.2, -0.15) is 0 Å². The van der Waals surface area contributed by atoms with Crippen molar-refractivity contribution in [3.8, 4) is 0 Å². The van der Waals surface area contributed by atoms with Gasteiger partial charge < -0.3 is 10.2 Å². The third-order valence-corrected chi connectivity index (χ3v) is 7.66. The van der Waals surface area contributed by atoms with Crippen molar-refractivity contribution in [3.05, 3.63) is 96.6 Å². The molecular weight excluding hydrogens is 474 g/mol. The van der Waals surface area contributed by atoms with Gasteiger partial charge in [0.25, 0.3) is 10.0 Å². The van der Waals surface area contributed by atoms with Gasteiger partial charge in [-0.1, -0.05) is 73.7 Å². The summed E-state index contributed by atoms with van der Waals surface area (Å²) < 4.78 is 28.4. The van der Waals surface area contributed by atoms with Crippen LogP contribution in [0.1, 0.15) is 25.8 Å². The Bertz CT molecular complexity index is 1220. The first kappa shape index (κ1) is 26.9. The molecule has 3 aromatic carbocycles. The van der Waals surface area contributed by atoms with Crippen LogP contribution in [0.2, 0.25) is 0 Å². The average molecular weight is 508 g/mol. The largest absolute Gasteiger partial charge is 0.355 e. The molecule has 3 aromatic rings. The number of hydrogen-bond donors (Lipinski definition) is 1. The number of hydrogen-bond acceptors (Lipinski definition) is 4. The first-order valence-electron chi connectivity index (χ1n) is 12.1. The van der Waals surface area contributed by atoms with Crippen molar-refractivity contribution in [1.82, 2.24) is 10.2 Å². The zero-order valence-corrected chi connectivity index (χ0v) is 21.5. The highest BCUT2D eigenvalue weighted by molar-refractivity contribution is 7.92. The lowest BCUT2D eigenvalue weighted by molar-refractivity contribution is -0.139. The van der Waals surface area contributed by atoms with Crippen LogP contribution in [0.15, 0.2) is 95.9 Å². The molecule has 0 saturated heterocycles. The number of benzene rings is 3. The lowest BCUT2D eigenvalue weighted by Crippen LogP contribution is -2.53. The molecule has 36 heavy (non-hydrogen) atoms. The van der Waals surface area contributed by atoms with Crippen molar-refractivity contribution in [3.63, 3.8) is 0 Å². The highest BCUT2D eigenvalue weighted by Gasteiger charge is 2.33. The van der Waals surface area contributed by atoms with Gasteiger partial charge >= 0.3 is 0 Å². The molecule has 2 amide bonds. The van der Waals surface area contributed by atoms with Gasteiger partial charge in [0.1, 0.15) is 12.6 Å². The summed E-state index contributed by atoms with van der Waals surface area (Å²) >= 11 is 0. The van der Waals surface area contributed by atoms with E-state index in [2.05, 4.69) is 5.32 Å². The monoisotopic (exact) mass is 507 g/mol. The number of sulfonamides is 1. The van der Waals surface area contributed by atoms with Gasteiger partial charge in [-0.3, -0.25) is 13.9 Å². The van der Waals surface area contributed by atoms with E-state index >= 15 is 0 Å². The fraction of sp³-hybridized carbons (Fsp3) is 0.286. The molecule has 0 unspecified atom stereocenters. The van der Waals surface area contributed by atoms with Gasteiger partial charge in [0.05, 0.1) is 10.6 Å². The van der Waals surface area contributed by atoms with Gasteiger partial charge in [0.2, 0.25) is 11.8 Å². The Morgan fingerprint density at radius 2 is 1.39 bits per heavy atom. The summed E-state index contributed by atoms with van der Waals surface area (Å²) in [4.78, 5) is 28.2.